The van der Waals surface area contributed by atoms with E-state index >= 15 is 0 Å². The van der Waals surface area contributed by atoms with Gasteiger partial charge in [0.25, 0.3) is 0 Å². The van der Waals surface area contributed by atoms with E-state index in [-0.39, 0.29) is 12.4 Å². The zero-order valence-electron chi connectivity index (χ0n) is 5.83. The number of halogens is 1. The molecule has 0 aliphatic heterocycles. The summed E-state index contributed by atoms with van der Waals surface area (Å²) in [7, 11) is 0. The maximum atomic E-state index is 5.12. The molecule has 10 heavy (non-hydrogen) atoms. The van der Waals surface area contributed by atoms with Crippen LogP contribution in [0.4, 0.5) is 0 Å². The van der Waals surface area contributed by atoms with Crippen LogP contribution in [0.15, 0.2) is 30.6 Å². The molecule has 0 fully saturated rings. The first-order chi connectivity index (χ1) is 4.43. The molecule has 3 heteroatoms. The number of nitrogens with zero attached hydrogens (tertiary/aromatic N) is 1. The first kappa shape index (κ1) is 9.24. The van der Waals surface area contributed by atoms with Crippen molar-refractivity contribution in [3.8, 4) is 0 Å². The minimum atomic E-state index is 0. The van der Waals surface area contributed by atoms with E-state index in [0.29, 0.717) is 6.61 Å². The monoisotopic (exact) mass is 159 g/mol. The van der Waals surface area contributed by atoms with E-state index in [1.807, 2.05) is 37.5 Å². The molecule has 0 bridgehead atoms. The van der Waals surface area contributed by atoms with Crippen molar-refractivity contribution < 1.29 is 22.0 Å². The lowest BCUT2D eigenvalue weighted by Gasteiger charge is -1.89. The average Bonchev–Trinajstić information content (AvgIpc) is 1.91. The van der Waals surface area contributed by atoms with E-state index in [9.17, 15) is 0 Å². The van der Waals surface area contributed by atoms with Gasteiger partial charge in [-0.1, -0.05) is 6.07 Å². The molecule has 2 nitrogen and oxygen atoms in total. The molecule has 1 aromatic heterocycles. The van der Waals surface area contributed by atoms with E-state index < -0.39 is 0 Å². The molecule has 0 spiro atoms. The highest BCUT2D eigenvalue weighted by Gasteiger charge is 1.91. The van der Waals surface area contributed by atoms with Crippen molar-refractivity contribution in [2.24, 2.45) is 0 Å². The summed E-state index contributed by atoms with van der Waals surface area (Å²) >= 11 is 0. The second-order valence-corrected chi connectivity index (χ2v) is 1.65. The summed E-state index contributed by atoms with van der Waals surface area (Å²) in [5.41, 5.74) is 0. The third kappa shape index (κ3) is 2.69. The largest absolute Gasteiger partial charge is 1.00 e. The first-order valence-corrected chi connectivity index (χ1v) is 3.03. The predicted octanol–water partition coefficient (Wildman–Crippen LogP) is -2.57. The highest BCUT2D eigenvalue weighted by atomic mass is 35.5. The van der Waals surface area contributed by atoms with Crippen LogP contribution in [-0.4, -0.2) is 6.61 Å². The number of pyridine rings is 1. The number of hydrogen-bond acceptors (Lipinski definition) is 1. The van der Waals surface area contributed by atoms with Crippen LogP contribution in [0.2, 0.25) is 0 Å². The van der Waals surface area contributed by atoms with E-state index in [4.69, 9.17) is 4.84 Å². The van der Waals surface area contributed by atoms with E-state index in [1.165, 1.54) is 0 Å². The van der Waals surface area contributed by atoms with Crippen LogP contribution in [0, 0.1) is 0 Å². The Morgan fingerprint density at radius 1 is 1.20 bits per heavy atom. The fourth-order valence-electron chi connectivity index (χ4n) is 0.618. The van der Waals surface area contributed by atoms with Crippen molar-refractivity contribution in [3.63, 3.8) is 0 Å². The summed E-state index contributed by atoms with van der Waals surface area (Å²) in [6, 6.07) is 5.81. The Morgan fingerprint density at radius 2 is 1.80 bits per heavy atom. The van der Waals surface area contributed by atoms with Gasteiger partial charge in [-0.05, 0) is 6.92 Å². The van der Waals surface area contributed by atoms with Gasteiger partial charge in [0.15, 0.2) is 6.61 Å². The lowest BCUT2D eigenvalue weighted by Crippen LogP contribution is -3.00. The molecule has 0 amide bonds. The van der Waals surface area contributed by atoms with Gasteiger partial charge in [-0.2, -0.15) is 0 Å². The van der Waals surface area contributed by atoms with Crippen molar-refractivity contribution >= 4 is 0 Å². The molecule has 0 radical (unpaired) electrons. The Hall–Kier alpha value is -0.760. The number of rotatable bonds is 2. The van der Waals surface area contributed by atoms with Crippen LogP contribution in [0.3, 0.4) is 0 Å². The summed E-state index contributed by atoms with van der Waals surface area (Å²) in [4.78, 5) is 5.12. The Labute approximate surface area is 66.8 Å². The van der Waals surface area contributed by atoms with E-state index in [0.717, 1.165) is 0 Å². The van der Waals surface area contributed by atoms with Gasteiger partial charge in [0.05, 0.1) is 0 Å². The summed E-state index contributed by atoms with van der Waals surface area (Å²) in [5.74, 6) is 0. The maximum absolute atomic E-state index is 5.12. The summed E-state index contributed by atoms with van der Waals surface area (Å²) in [6.45, 7) is 2.66. The third-order valence-electron chi connectivity index (χ3n) is 0.966. The smallest absolute Gasteiger partial charge is 0.222 e. The second kappa shape index (κ2) is 5.06. The molecule has 0 aromatic carbocycles. The first-order valence-electron chi connectivity index (χ1n) is 3.03. The van der Waals surface area contributed by atoms with Crippen molar-refractivity contribution in [2.75, 3.05) is 6.61 Å². The normalized spacial score (nSPS) is 8.10. The molecule has 0 saturated heterocycles. The third-order valence-corrected chi connectivity index (χ3v) is 0.966. The van der Waals surface area contributed by atoms with Crippen LogP contribution in [-0.2, 0) is 0 Å². The van der Waals surface area contributed by atoms with Gasteiger partial charge < -0.3 is 12.4 Å². The minimum Gasteiger partial charge on any atom is -1.00 e. The summed E-state index contributed by atoms with van der Waals surface area (Å²) < 4.78 is 1.68. The molecule has 0 atom stereocenters. The van der Waals surface area contributed by atoms with Crippen LogP contribution in [0.25, 0.3) is 0 Å². The number of hydrogen-bond donors (Lipinski definition) is 0. The SMILES string of the molecule is CCO[n+]1ccccc1.[Cl-]. The topological polar surface area (TPSA) is 13.1 Å². The predicted molar refractivity (Wildman–Crippen MR) is 33.8 cm³/mol. The molecular weight excluding hydrogens is 150 g/mol. The molecular formula is C7H10ClNO. The lowest BCUT2D eigenvalue weighted by atomic mass is 10.5. The van der Waals surface area contributed by atoms with Crippen molar-refractivity contribution in [2.45, 2.75) is 6.92 Å². The fourth-order valence-corrected chi connectivity index (χ4v) is 0.618. The zero-order chi connectivity index (χ0) is 6.53. The summed E-state index contributed by atoms with van der Waals surface area (Å²) in [5, 5.41) is 0. The quantitative estimate of drug-likeness (QED) is 0.433. The van der Waals surface area contributed by atoms with Crippen LogP contribution in [0.1, 0.15) is 6.92 Å². The molecule has 0 unspecified atom stereocenters. The molecule has 56 valence electrons. The molecule has 1 rings (SSSR count). The minimum absolute atomic E-state index is 0. The van der Waals surface area contributed by atoms with Crippen LogP contribution in [0.5, 0.6) is 0 Å². The number of aromatic nitrogens is 1. The Balaban J connectivity index is 0.000000810. The van der Waals surface area contributed by atoms with Gasteiger partial charge in [0.1, 0.15) is 0 Å². The van der Waals surface area contributed by atoms with Gasteiger partial charge >= 0.3 is 0 Å². The summed E-state index contributed by atoms with van der Waals surface area (Å²) in [6.07, 6.45) is 3.73. The molecule has 1 aromatic rings. The highest BCUT2D eigenvalue weighted by molar-refractivity contribution is 4.83. The van der Waals surface area contributed by atoms with Crippen molar-refractivity contribution in [1.82, 2.24) is 0 Å². The standard InChI is InChI=1S/C7H10NO.ClH/c1-2-9-8-6-4-3-5-7-8;/h3-7H,2H2,1H3;1H/q+1;/p-1. The highest BCUT2D eigenvalue weighted by Crippen LogP contribution is 1.73. The van der Waals surface area contributed by atoms with Gasteiger partial charge in [-0.3, -0.25) is 4.84 Å². The Bertz CT molecular complexity index is 167. The Kier molecular flexibility index (Phi) is 4.67. The molecule has 0 aliphatic rings. The zero-order valence-corrected chi connectivity index (χ0v) is 6.58. The fraction of sp³-hybridized carbons (Fsp3) is 0.286. The molecule has 0 aliphatic carbocycles. The Morgan fingerprint density at radius 3 is 2.30 bits per heavy atom. The van der Waals surface area contributed by atoms with Gasteiger partial charge in [-0.25, -0.2) is 0 Å². The van der Waals surface area contributed by atoms with Gasteiger partial charge in [-0.15, -0.1) is 0 Å². The van der Waals surface area contributed by atoms with Crippen molar-refractivity contribution in [3.05, 3.63) is 30.6 Å². The van der Waals surface area contributed by atoms with Crippen LogP contribution >= 0.6 is 0 Å². The van der Waals surface area contributed by atoms with Crippen LogP contribution < -0.4 is 22.0 Å². The van der Waals surface area contributed by atoms with Gasteiger partial charge in [0.2, 0.25) is 12.4 Å². The van der Waals surface area contributed by atoms with Gasteiger partial charge in [0, 0.05) is 16.9 Å². The molecule has 1 heterocycles. The lowest BCUT2D eigenvalue weighted by molar-refractivity contribution is -0.890. The maximum Gasteiger partial charge on any atom is 0.222 e. The second-order valence-electron chi connectivity index (χ2n) is 1.65. The molecule has 0 saturated carbocycles. The average molecular weight is 160 g/mol. The van der Waals surface area contributed by atoms with E-state index in [1.54, 1.807) is 4.73 Å². The van der Waals surface area contributed by atoms with E-state index in [2.05, 4.69) is 0 Å². The van der Waals surface area contributed by atoms with Crippen molar-refractivity contribution in [1.29, 1.82) is 0 Å². The molecule has 0 N–H and O–H groups in total.